The van der Waals surface area contributed by atoms with Crippen LogP contribution in [0.5, 0.6) is 0 Å². The van der Waals surface area contributed by atoms with Gasteiger partial charge in [0.25, 0.3) is 0 Å². The molecule has 0 aromatic rings. The van der Waals surface area contributed by atoms with Crippen molar-refractivity contribution < 1.29 is 23.9 Å². The number of carboxylic acids is 1. The average Bonchev–Trinajstić information content (AvgIpc) is 2.86. The minimum Gasteiger partial charge on any atom is -0.481 e. The Balaban J connectivity index is 2.46. The van der Waals surface area contributed by atoms with Gasteiger partial charge in [-0.05, 0) is 43.9 Å². The SMILES string of the molecule is CCCC[C@@H](F)C(=O)CC[C@H]1[C@H](C)CC(=O)[C@@H]1CC=CCCCC(=O)O. The molecule has 4 atom stereocenters. The number of allylic oxidation sites excluding steroid dienone is 2. The van der Waals surface area contributed by atoms with E-state index in [0.29, 0.717) is 38.5 Å². The Hall–Kier alpha value is -1.52. The van der Waals surface area contributed by atoms with Crippen molar-refractivity contribution in [2.75, 3.05) is 0 Å². The number of aliphatic carboxylic acids is 1. The van der Waals surface area contributed by atoms with Crippen LogP contribution in [0.3, 0.4) is 0 Å². The van der Waals surface area contributed by atoms with Gasteiger partial charge in [-0.3, -0.25) is 14.4 Å². The molecule has 0 saturated heterocycles. The van der Waals surface area contributed by atoms with Crippen LogP contribution < -0.4 is 0 Å². The van der Waals surface area contributed by atoms with Crippen molar-refractivity contribution in [3.05, 3.63) is 12.2 Å². The molecule has 4 nitrogen and oxygen atoms in total. The summed E-state index contributed by atoms with van der Waals surface area (Å²) in [6.45, 7) is 4.01. The fourth-order valence-electron chi connectivity index (χ4n) is 3.79. The van der Waals surface area contributed by atoms with Crippen LogP contribution in [0, 0.1) is 17.8 Å². The largest absolute Gasteiger partial charge is 0.481 e. The maximum atomic E-state index is 13.8. The lowest BCUT2D eigenvalue weighted by Crippen LogP contribution is -2.21. The molecule has 0 aromatic heterocycles. The van der Waals surface area contributed by atoms with E-state index in [9.17, 15) is 18.8 Å². The second-order valence-electron chi connectivity index (χ2n) is 7.53. The highest BCUT2D eigenvalue weighted by Gasteiger charge is 2.39. The summed E-state index contributed by atoms with van der Waals surface area (Å²) in [5.41, 5.74) is 0. The molecule has 1 aliphatic rings. The average molecular weight is 368 g/mol. The van der Waals surface area contributed by atoms with E-state index in [1.807, 2.05) is 26.0 Å². The van der Waals surface area contributed by atoms with Gasteiger partial charge < -0.3 is 5.11 Å². The van der Waals surface area contributed by atoms with Crippen molar-refractivity contribution in [1.82, 2.24) is 0 Å². The van der Waals surface area contributed by atoms with Crippen LogP contribution in [0.25, 0.3) is 0 Å². The van der Waals surface area contributed by atoms with E-state index in [2.05, 4.69) is 0 Å². The first-order chi connectivity index (χ1) is 12.4. The van der Waals surface area contributed by atoms with Gasteiger partial charge in [0.05, 0.1) is 0 Å². The molecule has 5 heteroatoms. The topological polar surface area (TPSA) is 71.4 Å². The maximum Gasteiger partial charge on any atom is 0.303 e. The summed E-state index contributed by atoms with van der Waals surface area (Å²) >= 11 is 0. The predicted molar refractivity (Wildman–Crippen MR) is 99.7 cm³/mol. The number of Topliss-reactive ketones (excluding diaryl/α,β-unsaturated/α-hetero) is 2. The third-order valence-electron chi connectivity index (χ3n) is 5.39. The Kier molecular flexibility index (Phi) is 10.4. The summed E-state index contributed by atoms with van der Waals surface area (Å²) in [6, 6.07) is 0. The standard InChI is InChI=1S/C21H33FO4/c1-3-4-10-18(22)19(23)13-12-16-15(2)14-20(24)17(16)9-7-5-6-8-11-21(25)26/h5,7,15-18H,3-4,6,8-14H2,1-2H3,(H,25,26)/t15-,16+,17-,18-/m1/s1. The van der Waals surface area contributed by atoms with Gasteiger partial charge in [0.15, 0.2) is 12.0 Å². The summed E-state index contributed by atoms with van der Waals surface area (Å²) in [6.07, 6.45) is 7.81. The van der Waals surface area contributed by atoms with E-state index < -0.39 is 12.1 Å². The minimum atomic E-state index is -1.37. The highest BCUT2D eigenvalue weighted by molar-refractivity contribution is 5.85. The fourth-order valence-corrected chi connectivity index (χ4v) is 3.79. The van der Waals surface area contributed by atoms with Crippen molar-refractivity contribution in [3.8, 4) is 0 Å². The van der Waals surface area contributed by atoms with E-state index in [-0.39, 0.29) is 42.2 Å². The first-order valence-electron chi connectivity index (χ1n) is 9.93. The van der Waals surface area contributed by atoms with Crippen molar-refractivity contribution in [2.24, 2.45) is 17.8 Å². The summed E-state index contributed by atoms with van der Waals surface area (Å²) < 4.78 is 13.8. The molecule has 0 aromatic carbocycles. The number of hydrogen-bond acceptors (Lipinski definition) is 3. The quantitative estimate of drug-likeness (QED) is 0.370. The van der Waals surface area contributed by atoms with Gasteiger partial charge in [-0.1, -0.05) is 38.8 Å². The molecule has 1 N–H and O–H groups in total. The van der Waals surface area contributed by atoms with Gasteiger partial charge in [-0.15, -0.1) is 0 Å². The number of alkyl halides is 1. The molecule has 0 spiro atoms. The molecule has 1 rings (SSSR count). The normalized spacial score (nSPS) is 24.3. The molecule has 1 saturated carbocycles. The van der Waals surface area contributed by atoms with Crippen molar-refractivity contribution >= 4 is 17.5 Å². The first-order valence-corrected chi connectivity index (χ1v) is 9.93. The van der Waals surface area contributed by atoms with E-state index in [1.54, 1.807) is 0 Å². The molecular weight excluding hydrogens is 335 g/mol. The molecule has 1 fully saturated rings. The first kappa shape index (κ1) is 22.5. The van der Waals surface area contributed by atoms with Crippen LogP contribution in [0.4, 0.5) is 4.39 Å². The predicted octanol–water partition coefficient (Wildman–Crippen LogP) is 4.91. The van der Waals surface area contributed by atoms with Crippen LogP contribution in [0.15, 0.2) is 12.2 Å². The minimum absolute atomic E-state index is 0.0952. The van der Waals surface area contributed by atoms with Gasteiger partial charge >= 0.3 is 5.97 Å². The summed E-state index contributed by atoms with van der Waals surface area (Å²) in [5, 5.41) is 8.61. The number of carbonyl (C=O) groups excluding carboxylic acids is 2. The van der Waals surface area contributed by atoms with E-state index in [1.165, 1.54) is 0 Å². The lowest BCUT2D eigenvalue weighted by Gasteiger charge is -2.21. The highest BCUT2D eigenvalue weighted by Crippen LogP contribution is 2.39. The highest BCUT2D eigenvalue weighted by atomic mass is 19.1. The second kappa shape index (κ2) is 12.0. The van der Waals surface area contributed by atoms with Crippen molar-refractivity contribution in [1.29, 1.82) is 0 Å². The van der Waals surface area contributed by atoms with Crippen LogP contribution in [-0.4, -0.2) is 28.8 Å². The van der Waals surface area contributed by atoms with E-state index in [4.69, 9.17) is 5.11 Å². The van der Waals surface area contributed by atoms with Crippen LogP contribution in [-0.2, 0) is 14.4 Å². The number of unbranched alkanes of at least 4 members (excludes halogenated alkanes) is 2. The van der Waals surface area contributed by atoms with Gasteiger partial charge in [0.2, 0.25) is 0 Å². The molecule has 0 bridgehead atoms. The molecule has 0 aliphatic heterocycles. The van der Waals surface area contributed by atoms with Crippen molar-refractivity contribution in [2.45, 2.75) is 84.2 Å². The number of ketones is 2. The Morgan fingerprint density at radius 2 is 2.00 bits per heavy atom. The third kappa shape index (κ3) is 7.79. The Labute approximate surface area is 156 Å². The van der Waals surface area contributed by atoms with Gasteiger partial charge in [0.1, 0.15) is 5.78 Å². The Morgan fingerprint density at radius 3 is 2.65 bits per heavy atom. The number of hydrogen-bond donors (Lipinski definition) is 1. The van der Waals surface area contributed by atoms with Gasteiger partial charge in [0, 0.05) is 25.2 Å². The number of carbonyl (C=O) groups is 3. The van der Waals surface area contributed by atoms with Gasteiger partial charge in [-0.25, -0.2) is 4.39 Å². The molecule has 0 radical (unpaired) electrons. The molecule has 1 aliphatic carbocycles. The molecule has 0 amide bonds. The lowest BCUT2D eigenvalue weighted by atomic mass is 9.83. The third-order valence-corrected chi connectivity index (χ3v) is 5.39. The van der Waals surface area contributed by atoms with Crippen molar-refractivity contribution in [3.63, 3.8) is 0 Å². The van der Waals surface area contributed by atoms with E-state index >= 15 is 0 Å². The Morgan fingerprint density at radius 1 is 1.27 bits per heavy atom. The van der Waals surface area contributed by atoms with Crippen LogP contribution >= 0.6 is 0 Å². The molecular formula is C21H33FO4. The summed E-state index contributed by atoms with van der Waals surface area (Å²) in [4.78, 5) is 34.7. The zero-order valence-electron chi connectivity index (χ0n) is 16.1. The second-order valence-corrected chi connectivity index (χ2v) is 7.53. The molecule has 0 unspecified atom stereocenters. The summed E-state index contributed by atoms with van der Waals surface area (Å²) in [7, 11) is 0. The lowest BCUT2D eigenvalue weighted by molar-refractivity contribution is -0.137. The van der Waals surface area contributed by atoms with E-state index in [0.717, 1.165) is 12.8 Å². The number of rotatable bonds is 13. The smallest absolute Gasteiger partial charge is 0.303 e. The van der Waals surface area contributed by atoms with Crippen LogP contribution in [0.2, 0.25) is 0 Å². The maximum absolute atomic E-state index is 13.8. The monoisotopic (exact) mass is 368 g/mol. The molecule has 26 heavy (non-hydrogen) atoms. The Bertz CT molecular complexity index is 500. The van der Waals surface area contributed by atoms with Gasteiger partial charge in [-0.2, -0.15) is 0 Å². The molecule has 0 heterocycles. The summed E-state index contributed by atoms with van der Waals surface area (Å²) in [5.74, 6) is -0.626. The zero-order valence-corrected chi connectivity index (χ0v) is 16.1. The van der Waals surface area contributed by atoms with Crippen LogP contribution in [0.1, 0.15) is 78.1 Å². The zero-order chi connectivity index (χ0) is 19.5. The molecule has 148 valence electrons. The number of carboxylic acid groups (broad SMARTS) is 1. The fraction of sp³-hybridized carbons (Fsp3) is 0.762. The number of halogens is 1.